The topological polar surface area (TPSA) is 79.5 Å². The minimum Gasteiger partial charge on any atom is -0.379 e. The van der Waals surface area contributed by atoms with Gasteiger partial charge in [-0.05, 0) is 32.0 Å². The number of anilines is 1. The van der Waals surface area contributed by atoms with E-state index in [0.29, 0.717) is 6.61 Å². The molecule has 130 valence electrons. The third-order valence-electron chi connectivity index (χ3n) is 4.06. The van der Waals surface area contributed by atoms with Gasteiger partial charge in [0.2, 0.25) is 0 Å². The molecule has 7 nitrogen and oxygen atoms in total. The smallest absolute Gasteiger partial charge is 0.253 e. The van der Waals surface area contributed by atoms with Crippen LogP contribution in [0.15, 0.2) is 18.2 Å². The molecule has 2 aromatic rings. The first-order valence-electron chi connectivity index (χ1n) is 8.37. The molecular formula is C17H24N4O3. The van der Waals surface area contributed by atoms with Crippen LogP contribution in [0.25, 0.3) is 11.0 Å². The molecule has 1 aliphatic rings. The average molecular weight is 332 g/mol. The summed E-state index contributed by atoms with van der Waals surface area (Å²) in [5, 5.41) is 2.87. The Morgan fingerprint density at radius 2 is 2.25 bits per heavy atom. The van der Waals surface area contributed by atoms with Gasteiger partial charge in [-0.15, -0.1) is 0 Å². The number of carbonyl (C=O) groups is 1. The van der Waals surface area contributed by atoms with Crippen molar-refractivity contribution in [3.63, 3.8) is 0 Å². The number of benzene rings is 1. The molecule has 1 atom stereocenters. The molecular weight excluding hydrogens is 308 g/mol. The van der Waals surface area contributed by atoms with E-state index >= 15 is 0 Å². The standard InChI is InChI=1S/C17H24N4O3/c1-3-24-12(2)17(22)18-13-4-5-14-15(10-13)20-16(19-14)11-21-6-8-23-9-7-21/h4-5,10,12H,3,6-9,11H2,1-2H3,(H,18,22)(H,19,20). The molecule has 2 N–H and O–H groups in total. The zero-order valence-corrected chi connectivity index (χ0v) is 14.2. The summed E-state index contributed by atoms with van der Waals surface area (Å²) in [6.07, 6.45) is -0.468. The van der Waals surface area contributed by atoms with Crippen LogP contribution in [0.5, 0.6) is 0 Å². The average Bonchev–Trinajstić information content (AvgIpc) is 2.97. The fourth-order valence-electron chi connectivity index (χ4n) is 2.76. The molecule has 1 amide bonds. The summed E-state index contributed by atoms with van der Waals surface area (Å²) in [6.45, 7) is 8.30. The van der Waals surface area contributed by atoms with E-state index in [9.17, 15) is 4.79 Å². The number of imidazole rings is 1. The van der Waals surface area contributed by atoms with E-state index in [1.807, 2.05) is 25.1 Å². The van der Waals surface area contributed by atoms with Crippen LogP contribution < -0.4 is 5.32 Å². The molecule has 1 saturated heterocycles. The lowest BCUT2D eigenvalue weighted by atomic mass is 10.2. The molecule has 0 aliphatic carbocycles. The molecule has 1 unspecified atom stereocenters. The minimum atomic E-state index is -0.468. The third kappa shape index (κ3) is 4.11. The molecule has 2 heterocycles. The number of aromatic nitrogens is 2. The summed E-state index contributed by atoms with van der Waals surface area (Å²) in [5.41, 5.74) is 2.55. The summed E-state index contributed by atoms with van der Waals surface area (Å²) in [6, 6.07) is 5.68. The maximum absolute atomic E-state index is 12.0. The molecule has 7 heteroatoms. The predicted octanol–water partition coefficient (Wildman–Crippen LogP) is 1.76. The normalized spacial score (nSPS) is 17.1. The van der Waals surface area contributed by atoms with Crippen LogP contribution in [0, 0.1) is 0 Å². The van der Waals surface area contributed by atoms with Gasteiger partial charge in [-0.1, -0.05) is 0 Å². The molecule has 0 radical (unpaired) electrons. The van der Waals surface area contributed by atoms with Crippen molar-refractivity contribution in [1.29, 1.82) is 0 Å². The van der Waals surface area contributed by atoms with Crippen molar-refractivity contribution in [1.82, 2.24) is 14.9 Å². The first kappa shape index (κ1) is 16.9. The highest BCUT2D eigenvalue weighted by atomic mass is 16.5. The van der Waals surface area contributed by atoms with Crippen LogP contribution in [-0.2, 0) is 20.8 Å². The lowest BCUT2D eigenvalue weighted by molar-refractivity contribution is -0.126. The Bertz CT molecular complexity index is 694. The van der Waals surface area contributed by atoms with Crippen LogP contribution in [-0.4, -0.2) is 59.8 Å². The maximum atomic E-state index is 12.0. The number of amides is 1. The number of nitrogens with one attached hydrogen (secondary N) is 2. The maximum Gasteiger partial charge on any atom is 0.253 e. The summed E-state index contributed by atoms with van der Waals surface area (Å²) < 4.78 is 10.7. The number of aromatic amines is 1. The van der Waals surface area contributed by atoms with Gasteiger partial charge < -0.3 is 19.8 Å². The zero-order chi connectivity index (χ0) is 16.9. The molecule has 24 heavy (non-hydrogen) atoms. The molecule has 1 aliphatic heterocycles. The van der Waals surface area contributed by atoms with Gasteiger partial charge in [0.05, 0.1) is 30.8 Å². The summed E-state index contributed by atoms with van der Waals surface area (Å²) in [4.78, 5) is 22.3. The lowest BCUT2D eigenvalue weighted by Gasteiger charge is -2.25. The fourth-order valence-corrected chi connectivity index (χ4v) is 2.76. The second-order valence-electron chi connectivity index (χ2n) is 5.89. The quantitative estimate of drug-likeness (QED) is 0.843. The van der Waals surface area contributed by atoms with Crippen molar-refractivity contribution in [3.8, 4) is 0 Å². The van der Waals surface area contributed by atoms with Crippen molar-refractivity contribution in [2.45, 2.75) is 26.5 Å². The second-order valence-corrected chi connectivity index (χ2v) is 5.89. The highest BCUT2D eigenvalue weighted by molar-refractivity contribution is 5.95. The zero-order valence-electron chi connectivity index (χ0n) is 14.2. The van der Waals surface area contributed by atoms with Gasteiger partial charge >= 0.3 is 0 Å². The number of morpholine rings is 1. The molecule has 0 spiro atoms. The van der Waals surface area contributed by atoms with Crippen molar-refractivity contribution < 1.29 is 14.3 Å². The molecule has 3 rings (SSSR count). The number of hydrogen-bond acceptors (Lipinski definition) is 5. The van der Waals surface area contributed by atoms with Gasteiger partial charge in [-0.2, -0.15) is 0 Å². The highest BCUT2D eigenvalue weighted by Gasteiger charge is 2.15. The largest absolute Gasteiger partial charge is 0.379 e. The summed E-state index contributed by atoms with van der Waals surface area (Å²) >= 11 is 0. The van der Waals surface area contributed by atoms with E-state index in [0.717, 1.165) is 55.4 Å². The summed E-state index contributed by atoms with van der Waals surface area (Å²) in [7, 11) is 0. The van der Waals surface area contributed by atoms with Crippen molar-refractivity contribution in [2.24, 2.45) is 0 Å². The molecule has 0 saturated carbocycles. The number of H-pyrrole nitrogens is 1. The SMILES string of the molecule is CCOC(C)C(=O)Nc1ccc2nc(CN3CCOCC3)[nH]c2c1. The molecule has 1 aromatic carbocycles. The highest BCUT2D eigenvalue weighted by Crippen LogP contribution is 2.18. The monoisotopic (exact) mass is 332 g/mol. The van der Waals surface area contributed by atoms with E-state index in [4.69, 9.17) is 9.47 Å². The lowest BCUT2D eigenvalue weighted by Crippen LogP contribution is -2.35. The Hall–Kier alpha value is -1.96. The van der Waals surface area contributed by atoms with Gasteiger partial charge in [-0.3, -0.25) is 9.69 Å². The van der Waals surface area contributed by atoms with Gasteiger partial charge in [0, 0.05) is 25.4 Å². The number of rotatable bonds is 6. The number of carbonyl (C=O) groups excluding carboxylic acids is 1. The Kier molecular flexibility index (Phi) is 5.44. The Balaban J connectivity index is 1.68. The van der Waals surface area contributed by atoms with Gasteiger partial charge in [0.1, 0.15) is 11.9 Å². The third-order valence-corrected chi connectivity index (χ3v) is 4.06. The molecule has 0 bridgehead atoms. The van der Waals surface area contributed by atoms with Gasteiger partial charge in [0.25, 0.3) is 5.91 Å². The Labute approximate surface area is 141 Å². The van der Waals surface area contributed by atoms with Crippen molar-refractivity contribution in [3.05, 3.63) is 24.0 Å². The van der Waals surface area contributed by atoms with Crippen LogP contribution in [0.4, 0.5) is 5.69 Å². The summed E-state index contributed by atoms with van der Waals surface area (Å²) in [5.74, 6) is 0.780. The van der Waals surface area contributed by atoms with Crippen LogP contribution >= 0.6 is 0 Å². The number of hydrogen-bond donors (Lipinski definition) is 2. The van der Waals surface area contributed by atoms with E-state index in [1.165, 1.54) is 0 Å². The van der Waals surface area contributed by atoms with E-state index < -0.39 is 6.10 Å². The second kappa shape index (κ2) is 7.74. The minimum absolute atomic E-state index is 0.149. The number of ether oxygens (including phenoxy) is 2. The molecule has 1 aromatic heterocycles. The first-order valence-corrected chi connectivity index (χ1v) is 8.37. The van der Waals surface area contributed by atoms with Crippen molar-refractivity contribution >= 4 is 22.6 Å². The molecule has 1 fully saturated rings. The van der Waals surface area contributed by atoms with Crippen LogP contribution in [0.1, 0.15) is 19.7 Å². The fraction of sp³-hybridized carbons (Fsp3) is 0.529. The number of nitrogens with zero attached hydrogens (tertiary/aromatic N) is 2. The predicted molar refractivity (Wildman–Crippen MR) is 91.9 cm³/mol. The number of fused-ring (bicyclic) bond motifs is 1. The first-order chi connectivity index (χ1) is 11.7. The van der Waals surface area contributed by atoms with E-state index in [-0.39, 0.29) is 5.91 Å². The van der Waals surface area contributed by atoms with Gasteiger partial charge in [-0.25, -0.2) is 4.98 Å². The Morgan fingerprint density at radius 1 is 1.46 bits per heavy atom. The van der Waals surface area contributed by atoms with Crippen molar-refractivity contribution in [2.75, 3.05) is 38.2 Å². The van der Waals surface area contributed by atoms with Crippen LogP contribution in [0.3, 0.4) is 0 Å². The van der Waals surface area contributed by atoms with E-state index in [1.54, 1.807) is 6.92 Å². The Morgan fingerprint density at radius 3 is 3.00 bits per heavy atom. The van der Waals surface area contributed by atoms with Gasteiger partial charge in [0.15, 0.2) is 0 Å². The van der Waals surface area contributed by atoms with Crippen LogP contribution in [0.2, 0.25) is 0 Å². The van der Waals surface area contributed by atoms with E-state index in [2.05, 4.69) is 20.2 Å².